The van der Waals surface area contributed by atoms with E-state index in [9.17, 15) is 16.8 Å². The van der Waals surface area contributed by atoms with Crippen molar-refractivity contribution in [1.29, 1.82) is 0 Å². The van der Waals surface area contributed by atoms with Gasteiger partial charge in [-0.15, -0.1) is 4.13 Å². The van der Waals surface area contributed by atoms with Crippen LogP contribution in [0.3, 0.4) is 0 Å². The summed E-state index contributed by atoms with van der Waals surface area (Å²) in [6.45, 7) is 0. The Balaban J connectivity index is 4.46. The van der Waals surface area contributed by atoms with E-state index in [1.54, 1.807) is 0 Å². The lowest BCUT2D eigenvalue weighted by atomic mass is 12.0. The number of nitrogens with one attached hydrogen (secondary N) is 1. The first-order valence-corrected chi connectivity index (χ1v) is 5.32. The van der Waals surface area contributed by atoms with Crippen LogP contribution in [-0.4, -0.2) is 23.1 Å². The van der Waals surface area contributed by atoms with E-state index in [-0.39, 0.29) is 0 Å². The van der Waals surface area contributed by atoms with Crippen molar-refractivity contribution in [3.63, 3.8) is 0 Å². The average molecular weight is 172 g/mol. The van der Waals surface area contributed by atoms with Crippen molar-refractivity contribution in [2.75, 3.05) is 6.26 Å². The molecule has 0 heterocycles. The second kappa shape index (κ2) is 2.24. The number of hydrogen-bond donors (Lipinski definition) is 1. The topological polar surface area (TPSA) is 80.3 Å². The molecule has 1 radical (unpaired) electrons. The number of hydrogen-bond acceptors (Lipinski definition) is 4. The third-order valence-corrected chi connectivity index (χ3v) is 2.51. The highest BCUT2D eigenvalue weighted by molar-refractivity contribution is 8.04. The third kappa shape index (κ3) is 7.86. The molecule has 5 nitrogen and oxygen atoms in total. The molecule has 0 atom stereocenters. The summed E-state index contributed by atoms with van der Waals surface area (Å²) in [4.78, 5) is 0. The van der Waals surface area contributed by atoms with E-state index in [1.165, 1.54) is 4.13 Å². The van der Waals surface area contributed by atoms with Crippen LogP contribution in [-0.2, 0) is 20.0 Å². The van der Waals surface area contributed by atoms with Gasteiger partial charge in [-0.25, -0.2) is 16.8 Å². The van der Waals surface area contributed by atoms with Crippen molar-refractivity contribution >= 4 is 20.0 Å². The van der Waals surface area contributed by atoms with E-state index < -0.39 is 20.0 Å². The summed E-state index contributed by atoms with van der Waals surface area (Å²) in [5, 5.41) is 0. The molecule has 0 bridgehead atoms. The molecule has 0 aliphatic rings. The molecule has 0 aromatic heterocycles. The molecule has 0 aliphatic carbocycles. The Kier molecular flexibility index (Phi) is 2.20. The Morgan fingerprint density at radius 1 is 1.22 bits per heavy atom. The first-order chi connectivity index (χ1) is 3.71. The van der Waals surface area contributed by atoms with Gasteiger partial charge in [0.15, 0.2) is 0 Å². The maximum absolute atomic E-state index is 10.1. The predicted molar refractivity (Wildman–Crippen MR) is 32.3 cm³/mol. The quantitative estimate of drug-likeness (QED) is 0.559. The molecule has 7 heteroatoms. The zero-order chi connectivity index (χ0) is 7.71. The molecule has 0 spiro atoms. The van der Waals surface area contributed by atoms with Gasteiger partial charge in [0.2, 0.25) is 20.0 Å². The second-order valence-corrected chi connectivity index (χ2v) is 4.91. The number of rotatable bonds is 2. The van der Waals surface area contributed by atoms with Crippen molar-refractivity contribution in [1.82, 2.24) is 4.13 Å². The van der Waals surface area contributed by atoms with Gasteiger partial charge in [0.05, 0.1) is 12.5 Å². The lowest BCUT2D eigenvalue weighted by Gasteiger charge is -1.94. The highest BCUT2D eigenvalue weighted by Gasteiger charge is 2.08. The van der Waals surface area contributed by atoms with Gasteiger partial charge in [0.1, 0.15) is 0 Å². The van der Waals surface area contributed by atoms with Gasteiger partial charge < -0.3 is 0 Å². The standard InChI is InChI=1S/C2H6NO4S2/c1-8(4,5)3-9(2,6)7/h3H,1H2,2H3. The zero-order valence-electron chi connectivity index (χ0n) is 4.66. The first-order valence-electron chi connectivity index (χ1n) is 1.77. The lowest BCUT2D eigenvalue weighted by molar-refractivity contribution is 0.585. The fraction of sp³-hybridized carbons (Fsp3) is 0.500. The molecule has 0 aliphatic heterocycles. The zero-order valence-corrected chi connectivity index (χ0v) is 6.29. The molecule has 0 saturated carbocycles. The van der Waals surface area contributed by atoms with Gasteiger partial charge in [-0.1, -0.05) is 0 Å². The van der Waals surface area contributed by atoms with Crippen molar-refractivity contribution in [2.24, 2.45) is 0 Å². The minimum Gasteiger partial charge on any atom is -0.212 e. The van der Waals surface area contributed by atoms with Crippen molar-refractivity contribution in [2.45, 2.75) is 0 Å². The first kappa shape index (κ1) is 8.86. The molecule has 0 aromatic carbocycles. The molecule has 0 unspecified atom stereocenters. The van der Waals surface area contributed by atoms with Crippen LogP contribution in [0.1, 0.15) is 0 Å². The van der Waals surface area contributed by atoms with E-state index >= 15 is 0 Å². The fourth-order valence-electron chi connectivity index (χ4n) is 0.231. The molecule has 0 rings (SSSR count). The molecular weight excluding hydrogens is 166 g/mol. The van der Waals surface area contributed by atoms with Crippen LogP contribution in [0, 0.1) is 6.26 Å². The smallest absolute Gasteiger partial charge is 0.212 e. The minimum absolute atomic E-state index is 0.732. The SMILES string of the molecule is [CH2]S(=O)(=O)NS(C)(=O)=O. The molecule has 0 fully saturated rings. The van der Waals surface area contributed by atoms with Gasteiger partial charge in [-0.3, -0.25) is 0 Å². The van der Waals surface area contributed by atoms with E-state index in [1.807, 2.05) is 0 Å². The molecule has 1 N–H and O–H groups in total. The maximum atomic E-state index is 10.1. The van der Waals surface area contributed by atoms with E-state index in [4.69, 9.17) is 0 Å². The summed E-state index contributed by atoms with van der Waals surface area (Å²) in [6, 6.07) is 0. The Morgan fingerprint density at radius 2 is 1.56 bits per heavy atom. The highest BCUT2D eigenvalue weighted by atomic mass is 32.3. The van der Waals surface area contributed by atoms with E-state index in [2.05, 4.69) is 6.26 Å². The maximum Gasteiger partial charge on any atom is 0.225 e. The van der Waals surface area contributed by atoms with Gasteiger partial charge in [0, 0.05) is 0 Å². The molecular formula is C2H6NO4S2. The van der Waals surface area contributed by atoms with Gasteiger partial charge in [-0.2, -0.15) is 0 Å². The molecule has 0 saturated heterocycles. The van der Waals surface area contributed by atoms with Crippen LogP contribution in [0.5, 0.6) is 0 Å². The van der Waals surface area contributed by atoms with Crippen LogP contribution in [0.4, 0.5) is 0 Å². The summed E-state index contributed by atoms with van der Waals surface area (Å²) in [6.07, 6.45) is 3.27. The normalized spacial score (nSPS) is 13.6. The summed E-state index contributed by atoms with van der Waals surface area (Å²) < 4.78 is 41.6. The average Bonchev–Trinajstić information content (AvgIpc) is 1.14. The largest absolute Gasteiger partial charge is 0.225 e. The predicted octanol–water partition coefficient (Wildman–Crippen LogP) is -1.34. The summed E-state index contributed by atoms with van der Waals surface area (Å²) in [7, 11) is -7.55. The van der Waals surface area contributed by atoms with E-state index in [0.29, 0.717) is 0 Å². The van der Waals surface area contributed by atoms with Crippen LogP contribution in [0.25, 0.3) is 0 Å². The Hall–Kier alpha value is -0.140. The van der Waals surface area contributed by atoms with Gasteiger partial charge >= 0.3 is 0 Å². The Morgan fingerprint density at radius 3 is 1.56 bits per heavy atom. The summed E-state index contributed by atoms with van der Waals surface area (Å²) >= 11 is 0. The van der Waals surface area contributed by atoms with Crippen LogP contribution in [0.15, 0.2) is 0 Å². The van der Waals surface area contributed by atoms with Gasteiger partial charge in [0.25, 0.3) is 0 Å². The Labute approximate surface area is 54.2 Å². The lowest BCUT2D eigenvalue weighted by Crippen LogP contribution is -2.26. The van der Waals surface area contributed by atoms with Crippen LogP contribution < -0.4 is 4.13 Å². The second-order valence-electron chi connectivity index (χ2n) is 1.47. The van der Waals surface area contributed by atoms with Crippen LogP contribution in [0.2, 0.25) is 0 Å². The van der Waals surface area contributed by atoms with Crippen molar-refractivity contribution in [3.05, 3.63) is 6.26 Å². The van der Waals surface area contributed by atoms with E-state index in [0.717, 1.165) is 6.26 Å². The highest BCUT2D eigenvalue weighted by Crippen LogP contribution is 1.81. The van der Waals surface area contributed by atoms with Crippen LogP contribution >= 0.6 is 0 Å². The number of sulfonamides is 2. The van der Waals surface area contributed by atoms with Crippen molar-refractivity contribution < 1.29 is 16.8 Å². The Bertz CT molecular complexity index is 242. The molecule has 0 aromatic rings. The molecule has 55 valence electrons. The van der Waals surface area contributed by atoms with Crippen molar-refractivity contribution in [3.8, 4) is 0 Å². The fourth-order valence-corrected chi connectivity index (χ4v) is 2.08. The monoisotopic (exact) mass is 172 g/mol. The minimum atomic E-state index is -3.87. The summed E-state index contributed by atoms with van der Waals surface area (Å²) in [5.74, 6) is 0. The van der Waals surface area contributed by atoms with Gasteiger partial charge in [-0.05, 0) is 0 Å². The third-order valence-electron chi connectivity index (χ3n) is 0.278. The molecule has 0 amide bonds. The molecule has 9 heavy (non-hydrogen) atoms. The summed E-state index contributed by atoms with van der Waals surface area (Å²) in [5.41, 5.74) is 0.